The second-order valence-corrected chi connectivity index (χ2v) is 18.0. The van der Waals surface area contributed by atoms with E-state index in [2.05, 4.69) is 78.3 Å². The van der Waals surface area contributed by atoms with Crippen LogP contribution in [0.3, 0.4) is 0 Å². The van der Waals surface area contributed by atoms with E-state index in [0.29, 0.717) is 34.4 Å². The van der Waals surface area contributed by atoms with E-state index in [9.17, 15) is 14.4 Å². The Hall–Kier alpha value is -2.37. The molecule has 0 heterocycles. The average molecular weight is 622 g/mol. The molecular weight excluding hydrogens is 558 g/mol. The lowest BCUT2D eigenvalue weighted by molar-refractivity contribution is 0.0902. The van der Waals surface area contributed by atoms with Crippen molar-refractivity contribution in [2.45, 2.75) is 157 Å². The molecular formula is C39H63N3O3. The highest BCUT2D eigenvalue weighted by Crippen LogP contribution is 2.40. The van der Waals surface area contributed by atoms with Gasteiger partial charge in [-0.1, -0.05) is 62.3 Å². The van der Waals surface area contributed by atoms with Gasteiger partial charge < -0.3 is 16.0 Å². The summed E-state index contributed by atoms with van der Waals surface area (Å²) >= 11 is 0. The van der Waals surface area contributed by atoms with Crippen LogP contribution in [0.5, 0.6) is 0 Å². The summed E-state index contributed by atoms with van der Waals surface area (Å²) in [6, 6.07) is 5.37. The van der Waals surface area contributed by atoms with E-state index in [1.165, 1.54) is 0 Å². The van der Waals surface area contributed by atoms with Crippen molar-refractivity contribution in [2.75, 3.05) is 0 Å². The highest BCUT2D eigenvalue weighted by Gasteiger charge is 2.33. The second kappa shape index (κ2) is 14.2. The average Bonchev–Trinajstić information content (AvgIpc) is 2.96. The Balaban J connectivity index is 1.47. The topological polar surface area (TPSA) is 87.3 Å². The van der Waals surface area contributed by atoms with Crippen LogP contribution in [0.2, 0.25) is 0 Å². The first kappa shape index (κ1) is 35.5. The number of hydrogen-bond acceptors (Lipinski definition) is 3. The maximum Gasteiger partial charge on any atom is 0.251 e. The molecule has 1 aromatic carbocycles. The van der Waals surface area contributed by atoms with Crippen LogP contribution in [-0.4, -0.2) is 35.8 Å². The van der Waals surface area contributed by atoms with E-state index >= 15 is 0 Å². The number of rotatable bonds is 6. The van der Waals surface area contributed by atoms with E-state index < -0.39 is 0 Å². The molecule has 3 aliphatic carbocycles. The van der Waals surface area contributed by atoms with Crippen molar-refractivity contribution in [3.05, 3.63) is 34.9 Å². The first-order valence-electron chi connectivity index (χ1n) is 18.0. The molecule has 0 spiro atoms. The van der Waals surface area contributed by atoms with Gasteiger partial charge in [0, 0.05) is 34.8 Å². The Kier molecular flexibility index (Phi) is 11.2. The van der Waals surface area contributed by atoms with Crippen LogP contribution in [0.25, 0.3) is 0 Å². The molecule has 0 aliphatic heterocycles. The molecule has 0 bridgehead atoms. The predicted molar refractivity (Wildman–Crippen MR) is 184 cm³/mol. The van der Waals surface area contributed by atoms with Crippen molar-refractivity contribution in [3.8, 4) is 0 Å². The Morgan fingerprint density at radius 1 is 0.422 bits per heavy atom. The van der Waals surface area contributed by atoms with Crippen molar-refractivity contribution in [1.82, 2.24) is 16.0 Å². The van der Waals surface area contributed by atoms with Crippen molar-refractivity contribution < 1.29 is 14.4 Å². The van der Waals surface area contributed by atoms with Crippen LogP contribution >= 0.6 is 0 Å². The van der Waals surface area contributed by atoms with Crippen LogP contribution in [0.4, 0.5) is 0 Å². The summed E-state index contributed by atoms with van der Waals surface area (Å²) < 4.78 is 0. The molecule has 0 atom stereocenters. The molecule has 1 aromatic rings. The highest BCUT2D eigenvalue weighted by molar-refractivity contribution is 6.04. The van der Waals surface area contributed by atoms with Crippen LogP contribution in [0, 0.1) is 34.0 Å². The van der Waals surface area contributed by atoms with E-state index in [1.54, 1.807) is 18.2 Å². The maximum atomic E-state index is 13.6. The summed E-state index contributed by atoms with van der Waals surface area (Å²) in [6.45, 7) is 20.7. The Labute approximate surface area is 274 Å². The van der Waals surface area contributed by atoms with Gasteiger partial charge in [0.15, 0.2) is 0 Å². The highest BCUT2D eigenvalue weighted by atomic mass is 16.2. The first-order valence-corrected chi connectivity index (χ1v) is 18.0. The van der Waals surface area contributed by atoms with Crippen LogP contribution in [0.1, 0.15) is 170 Å². The second-order valence-electron chi connectivity index (χ2n) is 18.0. The normalized spacial score (nSPS) is 28.2. The van der Waals surface area contributed by atoms with E-state index in [0.717, 1.165) is 77.0 Å². The monoisotopic (exact) mass is 621 g/mol. The Bertz CT molecular complexity index is 1020. The number of hydrogen-bond donors (Lipinski definition) is 3. The number of amides is 3. The molecule has 0 radical (unpaired) electrons. The number of carbonyl (C=O) groups excluding carboxylic acids is 3. The number of nitrogens with one attached hydrogen (secondary N) is 3. The standard InChI is InChI=1S/C39H63N3O3/c1-37(2,3)28-10-16-31(17-11-28)40-34(43)25-22-26(35(44)41-32-18-12-29(13-19-32)38(4,5)6)24-27(23-25)36(45)42-33-20-14-30(15-21-33)39(7,8)9/h22-24,28-33H,10-21H2,1-9H3,(H,40,43)(H,41,44)(H,42,45). The lowest BCUT2D eigenvalue weighted by Gasteiger charge is -2.37. The Morgan fingerprint density at radius 2 is 0.622 bits per heavy atom. The van der Waals surface area contributed by atoms with Crippen molar-refractivity contribution >= 4 is 17.7 Å². The largest absolute Gasteiger partial charge is 0.349 e. The van der Waals surface area contributed by atoms with Gasteiger partial charge in [0.2, 0.25) is 0 Å². The summed E-state index contributed by atoms with van der Waals surface area (Å²) in [7, 11) is 0. The third kappa shape index (κ3) is 9.81. The van der Waals surface area contributed by atoms with Gasteiger partial charge in [0.25, 0.3) is 17.7 Å². The minimum atomic E-state index is -0.200. The quantitative estimate of drug-likeness (QED) is 0.297. The van der Waals surface area contributed by atoms with Gasteiger partial charge in [0.1, 0.15) is 0 Å². The molecule has 6 nitrogen and oxygen atoms in total. The van der Waals surface area contributed by atoms with Crippen LogP contribution < -0.4 is 16.0 Å². The minimum absolute atomic E-state index is 0.113. The van der Waals surface area contributed by atoms with E-state index in [4.69, 9.17) is 0 Å². The summed E-state index contributed by atoms with van der Waals surface area (Å²) in [5, 5.41) is 9.71. The molecule has 3 fully saturated rings. The molecule has 0 unspecified atom stereocenters. The van der Waals surface area contributed by atoms with Gasteiger partial charge in [-0.3, -0.25) is 14.4 Å². The molecule has 4 rings (SSSR count). The zero-order valence-electron chi connectivity index (χ0n) is 29.9. The van der Waals surface area contributed by atoms with Gasteiger partial charge in [-0.05, 0) is 129 Å². The molecule has 3 aliphatic rings. The van der Waals surface area contributed by atoms with Crippen LogP contribution in [0.15, 0.2) is 18.2 Å². The number of benzene rings is 1. The zero-order valence-corrected chi connectivity index (χ0v) is 29.9. The van der Waals surface area contributed by atoms with Gasteiger partial charge in [-0.2, -0.15) is 0 Å². The first-order chi connectivity index (χ1) is 20.9. The summed E-state index contributed by atoms with van der Waals surface area (Å²) in [4.78, 5) is 40.8. The molecule has 3 N–H and O–H groups in total. The lowest BCUT2D eigenvalue weighted by Crippen LogP contribution is -2.41. The molecule has 252 valence electrons. The summed E-state index contributed by atoms with van der Waals surface area (Å²) in [5.74, 6) is 1.37. The third-order valence-electron chi connectivity index (χ3n) is 11.6. The molecule has 6 heteroatoms. The van der Waals surface area contributed by atoms with Crippen molar-refractivity contribution in [3.63, 3.8) is 0 Å². The van der Waals surface area contributed by atoms with Gasteiger partial charge in [-0.25, -0.2) is 0 Å². The SMILES string of the molecule is CC(C)(C)C1CCC(NC(=O)c2cc(C(=O)NC3CCC(C(C)(C)C)CC3)cc(C(=O)NC3CCC(C(C)(C)C)CC3)c2)CC1. The molecule has 0 aromatic heterocycles. The zero-order chi connectivity index (χ0) is 33.2. The summed E-state index contributed by atoms with van der Waals surface area (Å²) in [5.41, 5.74) is 1.99. The fourth-order valence-corrected chi connectivity index (χ4v) is 8.14. The van der Waals surface area contributed by atoms with Gasteiger partial charge in [-0.15, -0.1) is 0 Å². The van der Waals surface area contributed by atoms with E-state index in [-0.39, 0.29) is 52.1 Å². The maximum absolute atomic E-state index is 13.6. The fraction of sp³-hybridized carbons (Fsp3) is 0.769. The number of carbonyl (C=O) groups is 3. The molecule has 3 amide bonds. The summed E-state index contributed by atoms with van der Waals surface area (Å²) in [6.07, 6.45) is 12.3. The minimum Gasteiger partial charge on any atom is -0.349 e. The third-order valence-corrected chi connectivity index (χ3v) is 11.6. The van der Waals surface area contributed by atoms with Gasteiger partial charge >= 0.3 is 0 Å². The van der Waals surface area contributed by atoms with Crippen molar-refractivity contribution in [1.29, 1.82) is 0 Å². The Morgan fingerprint density at radius 3 is 0.800 bits per heavy atom. The smallest absolute Gasteiger partial charge is 0.251 e. The van der Waals surface area contributed by atoms with E-state index in [1.807, 2.05) is 0 Å². The molecule has 3 saturated carbocycles. The molecule has 45 heavy (non-hydrogen) atoms. The van der Waals surface area contributed by atoms with Crippen LogP contribution in [-0.2, 0) is 0 Å². The fourth-order valence-electron chi connectivity index (χ4n) is 8.14. The van der Waals surface area contributed by atoms with Gasteiger partial charge in [0.05, 0.1) is 0 Å². The van der Waals surface area contributed by atoms with Crippen molar-refractivity contribution in [2.24, 2.45) is 34.0 Å². The lowest BCUT2D eigenvalue weighted by atomic mass is 9.71. The molecule has 0 saturated heterocycles. The predicted octanol–water partition coefficient (Wildman–Crippen LogP) is 8.69.